The summed E-state index contributed by atoms with van der Waals surface area (Å²) < 4.78 is 2.37. The summed E-state index contributed by atoms with van der Waals surface area (Å²) in [5.74, 6) is 0.665. The number of thiazole rings is 1. The van der Waals surface area contributed by atoms with Crippen molar-refractivity contribution in [1.29, 1.82) is 0 Å². The SMILES string of the molecule is Cc1ccc(-c2n[nH]c(=S)n2CCC(=O)Nc2nc(CN3CCCCC3)cs2)cc1. The van der Waals surface area contributed by atoms with Crippen LogP contribution in [0.25, 0.3) is 11.4 Å². The quantitative estimate of drug-likeness (QED) is 0.531. The van der Waals surface area contributed by atoms with Crippen molar-refractivity contribution in [2.45, 2.75) is 45.7 Å². The lowest BCUT2D eigenvalue weighted by atomic mass is 10.1. The van der Waals surface area contributed by atoms with E-state index in [2.05, 4.69) is 25.4 Å². The summed E-state index contributed by atoms with van der Waals surface area (Å²) in [4.78, 5) is 19.5. The van der Waals surface area contributed by atoms with Gasteiger partial charge in [-0.05, 0) is 45.1 Å². The number of aryl methyl sites for hydroxylation is 1. The number of hydrogen-bond acceptors (Lipinski definition) is 6. The van der Waals surface area contributed by atoms with Gasteiger partial charge in [0.25, 0.3) is 0 Å². The number of rotatable bonds is 7. The highest BCUT2D eigenvalue weighted by Crippen LogP contribution is 2.20. The van der Waals surface area contributed by atoms with Gasteiger partial charge in [-0.1, -0.05) is 36.2 Å². The summed E-state index contributed by atoms with van der Waals surface area (Å²) >= 11 is 6.84. The van der Waals surface area contributed by atoms with E-state index in [0.717, 1.165) is 36.7 Å². The highest BCUT2D eigenvalue weighted by molar-refractivity contribution is 7.71. The molecule has 1 amide bonds. The van der Waals surface area contributed by atoms with Gasteiger partial charge in [0.1, 0.15) is 0 Å². The van der Waals surface area contributed by atoms with Crippen LogP contribution in [0.3, 0.4) is 0 Å². The van der Waals surface area contributed by atoms with E-state index in [0.29, 0.717) is 22.9 Å². The Bertz CT molecular complexity index is 1050. The number of aromatic nitrogens is 4. The number of amides is 1. The zero-order chi connectivity index (χ0) is 20.9. The maximum atomic E-state index is 12.5. The predicted molar refractivity (Wildman–Crippen MR) is 122 cm³/mol. The molecule has 9 heteroatoms. The minimum atomic E-state index is -0.0770. The van der Waals surface area contributed by atoms with Gasteiger partial charge in [-0.2, -0.15) is 5.10 Å². The molecule has 30 heavy (non-hydrogen) atoms. The first-order valence-corrected chi connectivity index (χ1v) is 11.6. The number of likely N-dealkylation sites (tertiary alicyclic amines) is 1. The number of aromatic amines is 1. The number of benzene rings is 1. The molecule has 1 fully saturated rings. The van der Waals surface area contributed by atoms with Crippen molar-refractivity contribution in [3.05, 3.63) is 45.7 Å². The molecule has 1 aliphatic rings. The molecular formula is C21H26N6OS2. The zero-order valence-corrected chi connectivity index (χ0v) is 18.7. The Labute approximate surface area is 185 Å². The van der Waals surface area contributed by atoms with Gasteiger partial charge in [0, 0.05) is 30.5 Å². The van der Waals surface area contributed by atoms with Gasteiger partial charge in [-0.15, -0.1) is 11.3 Å². The molecular weight excluding hydrogens is 416 g/mol. The lowest BCUT2D eigenvalue weighted by Crippen LogP contribution is -2.29. The first-order chi connectivity index (χ1) is 14.6. The van der Waals surface area contributed by atoms with Crippen molar-refractivity contribution in [3.8, 4) is 11.4 Å². The van der Waals surface area contributed by atoms with Crippen LogP contribution in [0.1, 0.15) is 36.9 Å². The van der Waals surface area contributed by atoms with Crippen molar-refractivity contribution in [1.82, 2.24) is 24.6 Å². The molecule has 3 aromatic rings. The van der Waals surface area contributed by atoms with E-state index < -0.39 is 0 Å². The fourth-order valence-electron chi connectivity index (χ4n) is 3.63. The third kappa shape index (κ3) is 5.21. The van der Waals surface area contributed by atoms with Crippen molar-refractivity contribution in [2.24, 2.45) is 0 Å². The molecule has 3 heterocycles. The third-order valence-corrected chi connectivity index (χ3v) is 6.38. The van der Waals surface area contributed by atoms with Gasteiger partial charge < -0.3 is 5.32 Å². The molecule has 0 aliphatic carbocycles. The molecule has 0 spiro atoms. The van der Waals surface area contributed by atoms with Gasteiger partial charge in [-0.3, -0.25) is 19.4 Å². The van der Waals surface area contributed by atoms with Crippen molar-refractivity contribution in [3.63, 3.8) is 0 Å². The second kappa shape index (κ2) is 9.63. The Kier molecular flexibility index (Phi) is 6.71. The van der Waals surface area contributed by atoms with Crippen molar-refractivity contribution < 1.29 is 4.79 Å². The Morgan fingerprint density at radius 3 is 2.77 bits per heavy atom. The van der Waals surface area contributed by atoms with E-state index >= 15 is 0 Å². The van der Waals surface area contributed by atoms with Crippen LogP contribution in [-0.2, 0) is 17.9 Å². The zero-order valence-electron chi connectivity index (χ0n) is 17.1. The summed E-state index contributed by atoms with van der Waals surface area (Å²) in [6.07, 6.45) is 4.14. The van der Waals surface area contributed by atoms with E-state index in [1.165, 1.54) is 36.2 Å². The van der Waals surface area contributed by atoms with E-state index in [1.54, 1.807) is 0 Å². The number of hydrogen-bond donors (Lipinski definition) is 2. The van der Waals surface area contributed by atoms with E-state index in [1.807, 2.05) is 41.1 Å². The third-order valence-electron chi connectivity index (χ3n) is 5.26. The molecule has 0 atom stereocenters. The van der Waals surface area contributed by atoms with Crippen LogP contribution in [0, 0.1) is 11.7 Å². The van der Waals surface area contributed by atoms with Gasteiger partial charge >= 0.3 is 0 Å². The number of piperidine rings is 1. The summed E-state index contributed by atoms with van der Waals surface area (Å²) in [6.45, 7) is 5.62. The summed E-state index contributed by atoms with van der Waals surface area (Å²) in [5, 5.41) is 12.8. The highest BCUT2D eigenvalue weighted by atomic mass is 32.1. The monoisotopic (exact) mass is 442 g/mol. The Morgan fingerprint density at radius 2 is 2.00 bits per heavy atom. The second-order valence-corrected chi connectivity index (χ2v) is 8.89. The molecule has 0 unspecified atom stereocenters. The maximum Gasteiger partial charge on any atom is 0.227 e. The predicted octanol–water partition coefficient (Wildman–Crippen LogP) is 4.39. The molecule has 7 nitrogen and oxygen atoms in total. The molecule has 1 saturated heterocycles. The summed E-state index contributed by atoms with van der Waals surface area (Å²) in [5.41, 5.74) is 3.17. The van der Waals surface area contributed by atoms with Crippen LogP contribution in [0.2, 0.25) is 0 Å². The standard InChI is InChI=1S/C21H26N6OS2/c1-15-5-7-16(8-6-15)19-24-25-21(29)27(19)12-9-18(28)23-20-22-17(14-30-20)13-26-10-3-2-4-11-26/h5-8,14H,2-4,9-13H2,1H3,(H,25,29)(H,22,23,28). The van der Waals surface area contributed by atoms with E-state index in [4.69, 9.17) is 12.2 Å². The smallest absolute Gasteiger partial charge is 0.227 e. The van der Waals surface area contributed by atoms with Crippen LogP contribution >= 0.6 is 23.6 Å². The minimum absolute atomic E-state index is 0.0770. The van der Waals surface area contributed by atoms with Crippen LogP contribution in [-0.4, -0.2) is 43.6 Å². The topological polar surface area (TPSA) is 78.8 Å². The molecule has 2 N–H and O–H groups in total. The van der Waals surface area contributed by atoms with Gasteiger partial charge in [0.2, 0.25) is 5.91 Å². The molecule has 4 rings (SSSR count). The number of anilines is 1. The molecule has 0 saturated carbocycles. The molecule has 0 radical (unpaired) electrons. The lowest BCUT2D eigenvalue weighted by molar-refractivity contribution is -0.116. The minimum Gasteiger partial charge on any atom is -0.302 e. The fraction of sp³-hybridized carbons (Fsp3) is 0.429. The average molecular weight is 443 g/mol. The second-order valence-electron chi connectivity index (χ2n) is 7.65. The van der Waals surface area contributed by atoms with Crippen LogP contribution < -0.4 is 5.32 Å². The maximum absolute atomic E-state index is 12.5. The van der Waals surface area contributed by atoms with Crippen molar-refractivity contribution in [2.75, 3.05) is 18.4 Å². The first-order valence-electron chi connectivity index (χ1n) is 10.3. The Morgan fingerprint density at radius 1 is 1.23 bits per heavy atom. The van der Waals surface area contributed by atoms with Gasteiger partial charge in [-0.25, -0.2) is 4.98 Å². The molecule has 0 bridgehead atoms. The number of H-pyrrole nitrogens is 1. The first kappa shape index (κ1) is 20.9. The summed E-state index contributed by atoms with van der Waals surface area (Å²) in [7, 11) is 0. The largest absolute Gasteiger partial charge is 0.302 e. The van der Waals surface area contributed by atoms with Crippen LogP contribution in [0.4, 0.5) is 5.13 Å². The van der Waals surface area contributed by atoms with E-state index in [9.17, 15) is 4.79 Å². The molecule has 1 aromatic carbocycles. The number of nitrogens with one attached hydrogen (secondary N) is 2. The number of nitrogens with zero attached hydrogens (tertiary/aromatic N) is 4. The molecule has 2 aromatic heterocycles. The van der Waals surface area contributed by atoms with Crippen LogP contribution in [0.5, 0.6) is 0 Å². The summed E-state index contributed by atoms with van der Waals surface area (Å²) in [6, 6.07) is 8.09. The molecule has 1 aliphatic heterocycles. The van der Waals surface area contributed by atoms with Crippen LogP contribution in [0.15, 0.2) is 29.6 Å². The normalized spacial score (nSPS) is 14.7. The van der Waals surface area contributed by atoms with Gasteiger partial charge in [0.15, 0.2) is 15.7 Å². The highest BCUT2D eigenvalue weighted by Gasteiger charge is 2.14. The number of carbonyl (C=O) groups is 1. The Hall–Kier alpha value is -2.36. The van der Waals surface area contributed by atoms with Crippen molar-refractivity contribution >= 4 is 34.6 Å². The Balaban J connectivity index is 1.34. The fourth-order valence-corrected chi connectivity index (χ4v) is 4.57. The van der Waals surface area contributed by atoms with E-state index in [-0.39, 0.29) is 5.91 Å². The molecule has 158 valence electrons. The van der Waals surface area contributed by atoms with Gasteiger partial charge in [0.05, 0.1) is 5.69 Å². The lowest BCUT2D eigenvalue weighted by Gasteiger charge is -2.25. The average Bonchev–Trinajstić information content (AvgIpc) is 3.34. The number of carbonyl (C=O) groups excluding carboxylic acids is 1.